The number of rotatable bonds is 3. The molecule has 0 atom stereocenters. The highest BCUT2D eigenvalue weighted by molar-refractivity contribution is 6.13. The zero-order valence-electron chi connectivity index (χ0n) is 16.0. The molecule has 3 heterocycles. The van der Waals surface area contributed by atoms with Gasteiger partial charge in [0.05, 0.1) is 16.6 Å². The van der Waals surface area contributed by atoms with E-state index in [0.717, 1.165) is 16.8 Å². The molecular weight excluding hydrogens is 342 g/mol. The van der Waals surface area contributed by atoms with Crippen LogP contribution in [-0.4, -0.2) is 25.7 Å². The summed E-state index contributed by atoms with van der Waals surface area (Å²) in [6.07, 6.45) is 0. The van der Waals surface area contributed by atoms with Gasteiger partial charge in [0.15, 0.2) is 17.1 Å². The summed E-state index contributed by atoms with van der Waals surface area (Å²) in [5.74, 6) is 0.599. The van der Waals surface area contributed by atoms with E-state index < -0.39 is 0 Å². The Morgan fingerprint density at radius 3 is 2.70 bits per heavy atom. The third kappa shape index (κ3) is 2.95. The van der Waals surface area contributed by atoms with Crippen LogP contribution >= 0.6 is 0 Å². The van der Waals surface area contributed by atoms with Crippen molar-refractivity contribution in [2.45, 2.75) is 33.6 Å². The van der Waals surface area contributed by atoms with Gasteiger partial charge in [-0.05, 0) is 37.1 Å². The third-order valence-electron chi connectivity index (χ3n) is 4.58. The van der Waals surface area contributed by atoms with Gasteiger partial charge < -0.3 is 9.73 Å². The van der Waals surface area contributed by atoms with Gasteiger partial charge >= 0.3 is 0 Å². The van der Waals surface area contributed by atoms with Crippen molar-refractivity contribution < 1.29 is 9.21 Å². The minimum atomic E-state index is -0.194. The second-order valence-electron chi connectivity index (χ2n) is 7.03. The fraction of sp³-hybridized carbons (Fsp3) is 0.300. The molecule has 3 aromatic heterocycles. The molecule has 0 aliphatic rings. The molecule has 0 saturated heterocycles. The molecule has 0 radical (unpaired) electrons. The van der Waals surface area contributed by atoms with Gasteiger partial charge in [-0.1, -0.05) is 13.8 Å². The van der Waals surface area contributed by atoms with Crippen LogP contribution in [0.4, 0.5) is 5.69 Å². The van der Waals surface area contributed by atoms with Gasteiger partial charge in [-0.25, -0.2) is 9.97 Å². The molecule has 4 aromatic rings. The number of amides is 1. The Morgan fingerprint density at radius 2 is 1.96 bits per heavy atom. The molecule has 27 heavy (non-hydrogen) atoms. The van der Waals surface area contributed by atoms with E-state index in [1.807, 2.05) is 38.2 Å². The first kappa shape index (κ1) is 17.2. The largest absolute Gasteiger partial charge is 0.441 e. The number of aromatic nitrogens is 4. The van der Waals surface area contributed by atoms with E-state index in [4.69, 9.17) is 4.42 Å². The van der Waals surface area contributed by atoms with E-state index >= 15 is 0 Å². The molecule has 1 amide bonds. The quantitative estimate of drug-likeness (QED) is 0.592. The summed E-state index contributed by atoms with van der Waals surface area (Å²) in [7, 11) is 1.84. The fourth-order valence-electron chi connectivity index (χ4n) is 3.26. The molecule has 1 N–H and O–H groups in total. The molecule has 0 bridgehead atoms. The van der Waals surface area contributed by atoms with Crippen LogP contribution in [0.25, 0.3) is 22.1 Å². The Hall–Kier alpha value is -3.22. The number of carbonyl (C=O) groups excluding carboxylic acids is 1. The van der Waals surface area contributed by atoms with Gasteiger partial charge in [-0.3, -0.25) is 9.48 Å². The maximum absolute atomic E-state index is 13.1. The highest BCUT2D eigenvalue weighted by atomic mass is 16.3. The second kappa shape index (κ2) is 6.19. The summed E-state index contributed by atoms with van der Waals surface area (Å²) in [6.45, 7) is 7.80. The lowest BCUT2D eigenvalue weighted by Crippen LogP contribution is -2.14. The lowest BCUT2D eigenvalue weighted by Gasteiger charge is -2.11. The van der Waals surface area contributed by atoms with E-state index in [1.165, 1.54) is 0 Å². The van der Waals surface area contributed by atoms with Crippen molar-refractivity contribution in [3.05, 3.63) is 47.1 Å². The number of carbonyl (C=O) groups is 1. The summed E-state index contributed by atoms with van der Waals surface area (Å²) in [6, 6.07) is 7.28. The van der Waals surface area contributed by atoms with E-state index in [0.29, 0.717) is 33.9 Å². The van der Waals surface area contributed by atoms with Gasteiger partial charge in [0.2, 0.25) is 0 Å². The Balaban J connectivity index is 1.78. The Morgan fingerprint density at radius 1 is 1.19 bits per heavy atom. The van der Waals surface area contributed by atoms with Crippen molar-refractivity contribution >= 4 is 33.7 Å². The molecular formula is C20H21N5O2. The summed E-state index contributed by atoms with van der Waals surface area (Å²) < 4.78 is 7.21. The molecule has 0 aliphatic heterocycles. The Labute approximate surface area is 156 Å². The normalized spacial score (nSPS) is 11.6. The Bertz CT molecular complexity index is 1190. The van der Waals surface area contributed by atoms with Crippen LogP contribution in [0.2, 0.25) is 0 Å². The number of aryl methyl sites for hydroxylation is 3. The highest BCUT2D eigenvalue weighted by Crippen LogP contribution is 2.26. The van der Waals surface area contributed by atoms with Gasteiger partial charge in [0.1, 0.15) is 5.52 Å². The molecule has 1 aromatic carbocycles. The average molecular weight is 363 g/mol. The molecule has 7 nitrogen and oxygen atoms in total. The number of nitrogens with one attached hydrogen (secondary N) is 1. The van der Waals surface area contributed by atoms with Crippen molar-refractivity contribution in [3.8, 4) is 0 Å². The van der Waals surface area contributed by atoms with Gasteiger partial charge in [0.25, 0.3) is 5.91 Å². The molecule has 7 heteroatoms. The van der Waals surface area contributed by atoms with E-state index in [2.05, 4.69) is 34.2 Å². The van der Waals surface area contributed by atoms with Crippen LogP contribution in [0.3, 0.4) is 0 Å². The number of fused-ring (bicyclic) bond motifs is 2. The van der Waals surface area contributed by atoms with E-state index in [-0.39, 0.29) is 11.8 Å². The smallest absolute Gasteiger partial charge is 0.256 e. The van der Waals surface area contributed by atoms with Crippen LogP contribution < -0.4 is 5.32 Å². The van der Waals surface area contributed by atoms with Crippen molar-refractivity contribution in [1.82, 2.24) is 19.7 Å². The van der Waals surface area contributed by atoms with E-state index in [9.17, 15) is 4.79 Å². The monoisotopic (exact) mass is 363 g/mol. The maximum atomic E-state index is 13.1. The average Bonchev–Trinajstić information content (AvgIpc) is 3.12. The summed E-state index contributed by atoms with van der Waals surface area (Å²) >= 11 is 0. The van der Waals surface area contributed by atoms with Crippen molar-refractivity contribution in [2.24, 2.45) is 7.05 Å². The van der Waals surface area contributed by atoms with Gasteiger partial charge in [-0.15, -0.1) is 0 Å². The van der Waals surface area contributed by atoms with Crippen molar-refractivity contribution in [1.29, 1.82) is 0 Å². The first-order chi connectivity index (χ1) is 12.8. The fourth-order valence-corrected chi connectivity index (χ4v) is 3.26. The first-order valence-electron chi connectivity index (χ1n) is 8.86. The predicted octanol–water partition coefficient (Wildman–Crippen LogP) is 4.10. The number of pyridine rings is 1. The Kier molecular flexibility index (Phi) is 3.95. The summed E-state index contributed by atoms with van der Waals surface area (Å²) in [5.41, 5.74) is 5.00. The number of oxazole rings is 1. The van der Waals surface area contributed by atoms with E-state index in [1.54, 1.807) is 11.6 Å². The minimum absolute atomic E-state index is 0.194. The standard InChI is InChI=1S/C20H21N5O2/c1-10(2)15-9-14(18-11(3)24-25(5)19(18)23-15)20(26)22-13-6-7-17-16(8-13)21-12(4)27-17/h6-10H,1-5H3,(H,22,26). The predicted molar refractivity (Wildman–Crippen MR) is 104 cm³/mol. The summed E-state index contributed by atoms with van der Waals surface area (Å²) in [4.78, 5) is 22.1. The first-order valence-corrected chi connectivity index (χ1v) is 8.86. The number of hydrogen-bond donors (Lipinski definition) is 1. The lowest BCUT2D eigenvalue weighted by atomic mass is 10.0. The van der Waals surface area contributed by atoms with Crippen LogP contribution in [0.15, 0.2) is 28.7 Å². The molecule has 4 rings (SSSR count). The van der Waals surface area contributed by atoms with Crippen molar-refractivity contribution in [2.75, 3.05) is 5.32 Å². The molecule has 0 fully saturated rings. The number of anilines is 1. The lowest BCUT2D eigenvalue weighted by molar-refractivity contribution is 0.102. The highest BCUT2D eigenvalue weighted by Gasteiger charge is 2.20. The number of benzene rings is 1. The van der Waals surface area contributed by atoms with Crippen LogP contribution in [0.5, 0.6) is 0 Å². The molecule has 138 valence electrons. The molecule has 0 unspecified atom stereocenters. The van der Waals surface area contributed by atoms with Gasteiger partial charge in [-0.2, -0.15) is 5.10 Å². The minimum Gasteiger partial charge on any atom is -0.441 e. The van der Waals surface area contributed by atoms with Crippen LogP contribution in [-0.2, 0) is 7.05 Å². The second-order valence-corrected chi connectivity index (χ2v) is 7.03. The van der Waals surface area contributed by atoms with Gasteiger partial charge in [0, 0.05) is 25.4 Å². The van der Waals surface area contributed by atoms with Crippen LogP contribution in [0, 0.1) is 13.8 Å². The molecule has 0 saturated carbocycles. The van der Waals surface area contributed by atoms with Crippen LogP contribution in [0.1, 0.15) is 47.4 Å². The summed E-state index contributed by atoms with van der Waals surface area (Å²) in [5, 5.41) is 8.18. The number of hydrogen-bond acceptors (Lipinski definition) is 5. The molecule has 0 aliphatic carbocycles. The topological polar surface area (TPSA) is 85.8 Å². The zero-order valence-corrected chi connectivity index (χ0v) is 16.0. The number of nitrogens with zero attached hydrogens (tertiary/aromatic N) is 4. The molecule has 0 spiro atoms. The maximum Gasteiger partial charge on any atom is 0.256 e. The SMILES string of the molecule is Cc1nc2cc(NC(=O)c3cc(C(C)C)nc4c3c(C)nn4C)ccc2o1. The zero-order chi connectivity index (χ0) is 19.3. The van der Waals surface area contributed by atoms with Crippen molar-refractivity contribution in [3.63, 3.8) is 0 Å². The third-order valence-corrected chi connectivity index (χ3v) is 4.58.